The molecule has 0 saturated carbocycles. The number of rotatable bonds is 0. The fraction of sp³-hybridized carbons (Fsp3) is 0.100. The molecule has 0 bridgehead atoms. The van der Waals surface area contributed by atoms with E-state index < -0.39 is 0 Å². The van der Waals surface area contributed by atoms with Gasteiger partial charge in [0.15, 0.2) is 4.54 Å². The van der Waals surface area contributed by atoms with Crippen molar-refractivity contribution in [1.82, 2.24) is 15.1 Å². The Hall–Kier alpha value is -3.34. The Kier molecular flexibility index (Phi) is 2.71. The van der Waals surface area contributed by atoms with E-state index in [1.165, 1.54) is 0 Å². The molecule has 120 valence electrons. The van der Waals surface area contributed by atoms with Gasteiger partial charge in [0.1, 0.15) is 5.52 Å². The average molecular weight is 327 g/mol. The Balaban J connectivity index is 2.17. The minimum absolute atomic E-state index is 0.596. The second kappa shape index (κ2) is 4.83. The standard InChI is InChI=1S/C20H15N4O/c1-11-3-5-13-15(21-11)7-8-17-19(13)20-14-6-4-12(2)22-16(14)9-10-18(20)24(25)23-17/h3-10H,1-2H3,(H,23,25)/q+1. The molecule has 0 aliphatic carbocycles. The number of nitrogens with zero attached hydrogens (tertiary/aromatic N) is 3. The summed E-state index contributed by atoms with van der Waals surface area (Å²) in [6.07, 6.45) is 0. The first-order chi connectivity index (χ1) is 12.1. The van der Waals surface area contributed by atoms with Crippen LogP contribution in [0.3, 0.4) is 0 Å². The minimum Gasteiger partial charge on any atom is -0.253 e. The van der Waals surface area contributed by atoms with Gasteiger partial charge in [0.25, 0.3) is 0 Å². The van der Waals surface area contributed by atoms with E-state index in [2.05, 4.69) is 21.1 Å². The van der Waals surface area contributed by atoms with Gasteiger partial charge in [-0.3, -0.25) is 9.97 Å². The third-order valence-corrected chi connectivity index (χ3v) is 4.69. The quantitative estimate of drug-likeness (QED) is 0.346. The molecule has 0 aliphatic rings. The van der Waals surface area contributed by atoms with Crippen LogP contribution in [0, 0.1) is 18.8 Å². The lowest BCUT2D eigenvalue weighted by molar-refractivity contribution is -0.532. The molecule has 5 heteroatoms. The monoisotopic (exact) mass is 327 g/mol. The van der Waals surface area contributed by atoms with E-state index in [1.54, 1.807) is 0 Å². The van der Waals surface area contributed by atoms with Gasteiger partial charge in [-0.15, -0.1) is 5.10 Å². The number of benzene rings is 2. The van der Waals surface area contributed by atoms with E-state index in [-0.39, 0.29) is 0 Å². The van der Waals surface area contributed by atoms with Crippen molar-refractivity contribution in [2.45, 2.75) is 13.8 Å². The molecule has 0 amide bonds. The number of aryl methyl sites for hydroxylation is 2. The highest BCUT2D eigenvalue weighted by atomic mass is 16.3. The average Bonchev–Trinajstić information content (AvgIpc) is 2.60. The Morgan fingerprint density at radius 2 is 1.36 bits per heavy atom. The van der Waals surface area contributed by atoms with Gasteiger partial charge in [-0.1, -0.05) is 12.1 Å². The summed E-state index contributed by atoms with van der Waals surface area (Å²) in [5.74, 6) is 0. The number of hydrogen-bond donors (Lipinski definition) is 1. The Morgan fingerprint density at radius 3 is 2.04 bits per heavy atom. The van der Waals surface area contributed by atoms with E-state index in [1.807, 2.05) is 56.3 Å². The molecular weight excluding hydrogens is 312 g/mol. The van der Waals surface area contributed by atoms with Gasteiger partial charge in [-0.05, 0) is 44.2 Å². The zero-order valence-electron chi connectivity index (χ0n) is 13.9. The predicted octanol–water partition coefficient (Wildman–Crippen LogP) is 3.95. The molecule has 0 fully saturated rings. The van der Waals surface area contributed by atoms with Gasteiger partial charge in [0.2, 0.25) is 0 Å². The zero-order valence-corrected chi connectivity index (χ0v) is 13.9. The highest BCUT2D eigenvalue weighted by molar-refractivity contribution is 6.24. The molecule has 0 spiro atoms. The van der Waals surface area contributed by atoms with Crippen molar-refractivity contribution in [3.8, 4) is 0 Å². The minimum atomic E-state index is 0.596. The number of pyridine rings is 2. The van der Waals surface area contributed by atoms with Crippen LogP contribution in [0.15, 0.2) is 48.5 Å². The number of fused-ring (bicyclic) bond motifs is 7. The van der Waals surface area contributed by atoms with Crippen molar-refractivity contribution in [2.75, 3.05) is 0 Å². The number of H-pyrrole nitrogens is 1. The van der Waals surface area contributed by atoms with E-state index in [0.29, 0.717) is 5.52 Å². The Labute approximate surface area is 142 Å². The molecule has 1 N–H and O–H groups in total. The smallest absolute Gasteiger partial charge is 0.253 e. The van der Waals surface area contributed by atoms with Crippen LogP contribution in [-0.4, -0.2) is 15.1 Å². The molecule has 0 saturated heterocycles. The molecule has 3 heterocycles. The molecule has 0 unspecified atom stereocenters. The van der Waals surface area contributed by atoms with Crippen molar-refractivity contribution < 1.29 is 4.54 Å². The van der Waals surface area contributed by atoms with Crippen molar-refractivity contribution >= 4 is 43.6 Å². The number of nitrogens with one attached hydrogen (secondary N) is 1. The van der Waals surface area contributed by atoms with Crippen LogP contribution in [0.2, 0.25) is 0 Å². The lowest BCUT2D eigenvalue weighted by Crippen LogP contribution is -2.20. The van der Waals surface area contributed by atoms with Crippen LogP contribution in [0.5, 0.6) is 0 Å². The second-order valence-electron chi connectivity index (χ2n) is 6.39. The topological polar surface area (TPSA) is 64.5 Å². The Morgan fingerprint density at radius 1 is 0.760 bits per heavy atom. The van der Waals surface area contributed by atoms with Gasteiger partial charge < -0.3 is 0 Å². The molecule has 0 radical (unpaired) electrons. The van der Waals surface area contributed by atoms with E-state index in [4.69, 9.17) is 0 Å². The molecule has 3 aromatic heterocycles. The highest BCUT2D eigenvalue weighted by Gasteiger charge is 2.18. The zero-order chi connectivity index (χ0) is 17.1. The molecule has 0 aliphatic heterocycles. The first-order valence-corrected chi connectivity index (χ1v) is 8.17. The van der Waals surface area contributed by atoms with Crippen LogP contribution in [0.25, 0.3) is 43.6 Å². The largest absolute Gasteiger partial charge is 0.300 e. The van der Waals surface area contributed by atoms with Crippen LogP contribution in [0.1, 0.15) is 11.4 Å². The highest BCUT2D eigenvalue weighted by Crippen LogP contribution is 2.32. The third kappa shape index (κ3) is 1.96. The van der Waals surface area contributed by atoms with E-state index in [9.17, 15) is 4.91 Å². The summed E-state index contributed by atoms with van der Waals surface area (Å²) < 4.78 is 0.824. The molecule has 25 heavy (non-hydrogen) atoms. The summed E-state index contributed by atoms with van der Waals surface area (Å²) >= 11 is 0. The van der Waals surface area contributed by atoms with Crippen molar-refractivity contribution in [2.24, 2.45) is 0 Å². The first-order valence-electron chi connectivity index (χ1n) is 8.17. The number of hydrogen-bond acceptors (Lipinski definition) is 3. The Bertz CT molecular complexity index is 1390. The van der Waals surface area contributed by atoms with Crippen molar-refractivity contribution in [3.05, 3.63) is 64.8 Å². The van der Waals surface area contributed by atoms with Gasteiger partial charge in [0, 0.05) is 33.6 Å². The lowest BCUT2D eigenvalue weighted by Gasteiger charge is -2.07. The summed E-state index contributed by atoms with van der Waals surface area (Å²) in [6.45, 7) is 3.95. The van der Waals surface area contributed by atoms with E-state index >= 15 is 0 Å². The molecule has 0 atom stereocenters. The van der Waals surface area contributed by atoms with Gasteiger partial charge in [0.05, 0.1) is 21.3 Å². The van der Waals surface area contributed by atoms with Crippen LogP contribution in [0.4, 0.5) is 0 Å². The maximum absolute atomic E-state index is 12.5. The summed E-state index contributed by atoms with van der Waals surface area (Å²) in [7, 11) is 0. The molecular formula is C20H15N4O+. The van der Waals surface area contributed by atoms with Gasteiger partial charge >= 0.3 is 5.52 Å². The lowest BCUT2D eigenvalue weighted by atomic mass is 10.0. The van der Waals surface area contributed by atoms with Crippen LogP contribution in [-0.2, 0) is 0 Å². The second-order valence-corrected chi connectivity index (χ2v) is 6.39. The fourth-order valence-corrected chi connectivity index (χ4v) is 3.56. The molecule has 5 rings (SSSR count). The van der Waals surface area contributed by atoms with Crippen LogP contribution < -0.4 is 4.54 Å². The summed E-state index contributed by atoms with van der Waals surface area (Å²) in [4.78, 5) is 21.8. The molecule has 5 nitrogen and oxygen atoms in total. The molecule has 2 aromatic carbocycles. The van der Waals surface area contributed by atoms with Gasteiger partial charge in [-0.2, -0.15) is 0 Å². The van der Waals surface area contributed by atoms with Crippen LogP contribution >= 0.6 is 0 Å². The fourth-order valence-electron chi connectivity index (χ4n) is 3.56. The summed E-state index contributed by atoms with van der Waals surface area (Å²) in [6, 6.07) is 15.7. The molecule has 5 aromatic rings. The number of aromatic nitrogens is 4. The first kappa shape index (κ1) is 14.0. The SMILES string of the molecule is Cc1ccc2c(ccc3[nH][n+](=O)c4ccc5nc(C)ccc5c4c32)n1. The summed E-state index contributed by atoms with van der Waals surface area (Å²) in [5.41, 5.74) is 5.11. The third-order valence-electron chi connectivity index (χ3n) is 4.69. The van der Waals surface area contributed by atoms with E-state index in [0.717, 1.165) is 54.0 Å². The number of aromatic amines is 1. The van der Waals surface area contributed by atoms with Crippen molar-refractivity contribution in [3.63, 3.8) is 0 Å². The normalized spacial score (nSPS) is 11.8. The summed E-state index contributed by atoms with van der Waals surface area (Å²) in [5, 5.41) is 6.84. The predicted molar refractivity (Wildman–Crippen MR) is 99.2 cm³/mol. The maximum Gasteiger partial charge on any atom is 0.300 e. The van der Waals surface area contributed by atoms with Crippen molar-refractivity contribution in [1.29, 1.82) is 0 Å². The van der Waals surface area contributed by atoms with Gasteiger partial charge in [-0.25, -0.2) is 0 Å². The maximum atomic E-state index is 12.5.